The van der Waals surface area contributed by atoms with Crippen LogP contribution in [0, 0.1) is 0 Å². The first kappa shape index (κ1) is 13.1. The molecule has 0 radical (unpaired) electrons. The molecule has 0 aliphatic heterocycles. The lowest BCUT2D eigenvalue weighted by Crippen LogP contribution is -2.24. The summed E-state index contributed by atoms with van der Waals surface area (Å²) in [7, 11) is 0. The summed E-state index contributed by atoms with van der Waals surface area (Å²) >= 11 is 1.58. The van der Waals surface area contributed by atoms with Crippen LogP contribution in [0.5, 0.6) is 0 Å². The minimum Gasteiger partial charge on any atom is -0.356 e. The average Bonchev–Trinajstić information content (AvgIpc) is 2.27. The predicted octanol–water partition coefficient (Wildman–Crippen LogP) is 3.04. The van der Waals surface area contributed by atoms with Gasteiger partial charge >= 0.3 is 0 Å². The van der Waals surface area contributed by atoms with E-state index in [9.17, 15) is 4.79 Å². The Labute approximate surface area is 102 Å². The first-order valence-corrected chi connectivity index (χ1v) is 6.61. The fourth-order valence-electron chi connectivity index (χ4n) is 1.35. The lowest BCUT2D eigenvalue weighted by Gasteiger charge is -2.06. The van der Waals surface area contributed by atoms with E-state index in [4.69, 9.17) is 0 Å². The van der Waals surface area contributed by atoms with E-state index in [0.717, 1.165) is 4.90 Å². The summed E-state index contributed by atoms with van der Waals surface area (Å²) in [5, 5.41) is 2.79. The molecule has 0 saturated heterocycles. The highest BCUT2D eigenvalue weighted by atomic mass is 32.2. The van der Waals surface area contributed by atoms with Crippen molar-refractivity contribution < 1.29 is 4.79 Å². The van der Waals surface area contributed by atoms with Gasteiger partial charge in [0.15, 0.2) is 0 Å². The first-order chi connectivity index (χ1) is 7.63. The van der Waals surface area contributed by atoms with Gasteiger partial charge in [-0.25, -0.2) is 0 Å². The van der Waals surface area contributed by atoms with Crippen molar-refractivity contribution in [2.75, 3.05) is 12.3 Å². The highest BCUT2D eigenvalue weighted by Crippen LogP contribution is 2.21. The molecule has 0 saturated carbocycles. The second-order valence-corrected chi connectivity index (χ2v) is 5.01. The molecule has 3 heteroatoms. The van der Waals surface area contributed by atoms with E-state index >= 15 is 0 Å². The van der Waals surface area contributed by atoms with Gasteiger partial charge in [-0.15, -0.1) is 11.8 Å². The number of rotatable bonds is 5. The summed E-state index contributed by atoms with van der Waals surface area (Å²) in [5.74, 6) is 1.15. The van der Waals surface area contributed by atoms with Gasteiger partial charge in [-0.05, 0) is 30.5 Å². The molecule has 0 aliphatic carbocycles. The Morgan fingerprint density at radius 1 is 1.31 bits per heavy atom. The van der Waals surface area contributed by atoms with Crippen molar-refractivity contribution in [2.24, 2.45) is 0 Å². The Morgan fingerprint density at radius 3 is 2.44 bits per heavy atom. The monoisotopic (exact) mass is 237 g/mol. The van der Waals surface area contributed by atoms with Crippen LogP contribution in [0.25, 0.3) is 0 Å². The predicted molar refractivity (Wildman–Crippen MR) is 69.9 cm³/mol. The molecular formula is C13H19NOS. The number of nitrogens with one attached hydrogen (secondary N) is 1. The molecule has 1 aromatic carbocycles. The highest BCUT2D eigenvalue weighted by Gasteiger charge is 2.02. The average molecular weight is 237 g/mol. The minimum absolute atomic E-state index is 0.0976. The molecule has 0 aliphatic rings. The maximum atomic E-state index is 11.3. The summed E-state index contributed by atoms with van der Waals surface area (Å²) in [6.07, 6.45) is 0. The minimum atomic E-state index is 0.0976. The number of hydrogen-bond donors (Lipinski definition) is 1. The number of thioether (sulfide) groups is 1. The number of carbonyl (C=O) groups is 1. The zero-order valence-electron chi connectivity index (χ0n) is 10.1. The van der Waals surface area contributed by atoms with Crippen LogP contribution >= 0.6 is 11.8 Å². The van der Waals surface area contributed by atoms with Gasteiger partial charge in [0.25, 0.3) is 0 Å². The molecule has 0 heterocycles. The third-order valence-corrected chi connectivity index (χ3v) is 3.30. The van der Waals surface area contributed by atoms with Crippen molar-refractivity contribution in [2.45, 2.75) is 31.6 Å². The van der Waals surface area contributed by atoms with Crippen LogP contribution in [0.2, 0.25) is 0 Å². The van der Waals surface area contributed by atoms with Gasteiger partial charge < -0.3 is 5.32 Å². The van der Waals surface area contributed by atoms with Crippen LogP contribution in [-0.2, 0) is 4.79 Å². The van der Waals surface area contributed by atoms with E-state index in [1.807, 2.05) is 6.92 Å². The van der Waals surface area contributed by atoms with E-state index in [2.05, 4.69) is 43.4 Å². The second kappa shape index (κ2) is 6.59. The molecule has 0 fully saturated rings. The van der Waals surface area contributed by atoms with Crippen molar-refractivity contribution in [3.8, 4) is 0 Å². The largest absolute Gasteiger partial charge is 0.356 e. The molecule has 0 unspecified atom stereocenters. The standard InChI is InChI=1S/C13H19NOS/c1-4-14-13(15)9-16-12-7-5-11(6-8-12)10(2)3/h5-8,10H,4,9H2,1-3H3,(H,14,15). The zero-order chi connectivity index (χ0) is 12.0. The summed E-state index contributed by atoms with van der Waals surface area (Å²) in [6, 6.07) is 8.42. The van der Waals surface area contributed by atoms with Crippen LogP contribution < -0.4 is 5.32 Å². The van der Waals surface area contributed by atoms with E-state index in [1.165, 1.54) is 5.56 Å². The summed E-state index contributed by atoms with van der Waals surface area (Å²) in [4.78, 5) is 12.4. The van der Waals surface area contributed by atoms with Crippen LogP contribution in [0.15, 0.2) is 29.2 Å². The van der Waals surface area contributed by atoms with E-state index in [-0.39, 0.29) is 5.91 Å². The SMILES string of the molecule is CCNC(=O)CSc1ccc(C(C)C)cc1. The summed E-state index contributed by atoms with van der Waals surface area (Å²) < 4.78 is 0. The van der Waals surface area contributed by atoms with Gasteiger partial charge in [0.2, 0.25) is 5.91 Å². The fraction of sp³-hybridized carbons (Fsp3) is 0.462. The first-order valence-electron chi connectivity index (χ1n) is 5.63. The third-order valence-electron chi connectivity index (χ3n) is 2.29. The Bertz CT molecular complexity index is 332. The summed E-state index contributed by atoms with van der Waals surface area (Å²) in [6.45, 7) is 6.99. The topological polar surface area (TPSA) is 29.1 Å². The maximum Gasteiger partial charge on any atom is 0.230 e. The number of carbonyl (C=O) groups excluding carboxylic acids is 1. The van der Waals surface area contributed by atoms with Crippen molar-refractivity contribution >= 4 is 17.7 Å². The highest BCUT2D eigenvalue weighted by molar-refractivity contribution is 8.00. The smallest absolute Gasteiger partial charge is 0.230 e. The molecule has 1 N–H and O–H groups in total. The zero-order valence-corrected chi connectivity index (χ0v) is 10.9. The van der Waals surface area contributed by atoms with Crippen molar-refractivity contribution in [1.82, 2.24) is 5.32 Å². The second-order valence-electron chi connectivity index (χ2n) is 3.97. The Kier molecular flexibility index (Phi) is 5.39. The van der Waals surface area contributed by atoms with Crippen LogP contribution in [0.4, 0.5) is 0 Å². The molecule has 0 bridgehead atoms. The molecule has 2 nitrogen and oxygen atoms in total. The van der Waals surface area contributed by atoms with Gasteiger partial charge in [0.1, 0.15) is 0 Å². The van der Waals surface area contributed by atoms with Crippen LogP contribution in [-0.4, -0.2) is 18.2 Å². The summed E-state index contributed by atoms with van der Waals surface area (Å²) in [5.41, 5.74) is 1.34. The number of benzene rings is 1. The van der Waals surface area contributed by atoms with Gasteiger partial charge in [-0.2, -0.15) is 0 Å². The van der Waals surface area contributed by atoms with Gasteiger partial charge in [-0.3, -0.25) is 4.79 Å². The van der Waals surface area contributed by atoms with Crippen molar-refractivity contribution in [1.29, 1.82) is 0 Å². The Hall–Kier alpha value is -0.960. The van der Waals surface area contributed by atoms with Crippen molar-refractivity contribution in [3.63, 3.8) is 0 Å². The molecule has 1 amide bonds. The fourth-order valence-corrected chi connectivity index (χ4v) is 2.07. The molecule has 1 aromatic rings. The molecule has 1 rings (SSSR count). The number of amides is 1. The van der Waals surface area contributed by atoms with E-state index in [1.54, 1.807) is 11.8 Å². The van der Waals surface area contributed by atoms with E-state index in [0.29, 0.717) is 18.2 Å². The van der Waals surface area contributed by atoms with Crippen LogP contribution in [0.1, 0.15) is 32.3 Å². The van der Waals surface area contributed by atoms with Crippen LogP contribution in [0.3, 0.4) is 0 Å². The quantitative estimate of drug-likeness (QED) is 0.798. The Balaban J connectivity index is 2.46. The molecule has 0 spiro atoms. The molecule has 88 valence electrons. The molecule has 0 atom stereocenters. The van der Waals surface area contributed by atoms with Gasteiger partial charge in [-0.1, -0.05) is 26.0 Å². The molecule has 0 aromatic heterocycles. The molecular weight excluding hydrogens is 218 g/mol. The molecule has 16 heavy (non-hydrogen) atoms. The Morgan fingerprint density at radius 2 is 1.94 bits per heavy atom. The maximum absolute atomic E-state index is 11.3. The number of hydrogen-bond acceptors (Lipinski definition) is 2. The lowest BCUT2D eigenvalue weighted by molar-refractivity contribution is -0.118. The van der Waals surface area contributed by atoms with Crippen molar-refractivity contribution in [3.05, 3.63) is 29.8 Å². The lowest BCUT2D eigenvalue weighted by atomic mass is 10.0. The van der Waals surface area contributed by atoms with Gasteiger partial charge in [0.05, 0.1) is 5.75 Å². The van der Waals surface area contributed by atoms with E-state index < -0.39 is 0 Å². The normalized spacial score (nSPS) is 10.5. The van der Waals surface area contributed by atoms with Gasteiger partial charge in [0, 0.05) is 11.4 Å². The third kappa shape index (κ3) is 4.27.